The molecule has 2 aliphatic heterocycles. The fourth-order valence-electron chi connectivity index (χ4n) is 4.62. The highest BCUT2D eigenvalue weighted by atomic mass is 32.1. The minimum Gasteiger partial charge on any atom is -0.475 e. The number of carboxylic acids is 3. The van der Waals surface area contributed by atoms with Crippen LogP contribution in [-0.4, -0.2) is 109 Å². The number of aromatic nitrogens is 2. The number of thiophene rings is 1. The van der Waals surface area contributed by atoms with Crippen molar-refractivity contribution in [1.29, 1.82) is 0 Å². The molecule has 5 rings (SSSR count). The van der Waals surface area contributed by atoms with Crippen LogP contribution in [0.3, 0.4) is 0 Å². The number of nitrogens with zero attached hydrogens (tertiary/aromatic N) is 4. The molecule has 3 N–H and O–H groups in total. The van der Waals surface area contributed by atoms with E-state index in [2.05, 4.69) is 37.8 Å². The fraction of sp³-hybridized carbons (Fsp3) is 0.379. The number of rotatable bonds is 5. The number of carbonyl (C=O) groups is 4. The van der Waals surface area contributed by atoms with Crippen LogP contribution in [0, 0.1) is 0 Å². The highest BCUT2D eigenvalue weighted by Crippen LogP contribution is 2.42. The van der Waals surface area contributed by atoms with E-state index in [4.69, 9.17) is 34.4 Å². The summed E-state index contributed by atoms with van der Waals surface area (Å²) in [6.07, 6.45) is -8.06. The van der Waals surface area contributed by atoms with E-state index in [-0.39, 0.29) is 11.8 Å². The topological polar surface area (TPSA) is 170 Å². The third-order valence-corrected chi connectivity index (χ3v) is 7.49. The van der Waals surface area contributed by atoms with E-state index in [1.165, 1.54) is 5.56 Å². The summed E-state index contributed by atoms with van der Waals surface area (Å²) in [6, 6.07) is 10.1. The van der Waals surface area contributed by atoms with Gasteiger partial charge in [-0.1, -0.05) is 6.07 Å². The first kappa shape index (κ1) is 42.3. The molecule has 2 unspecified atom stereocenters. The number of amides is 1. The fourth-order valence-corrected chi connectivity index (χ4v) is 5.28. The molecule has 0 aliphatic carbocycles. The number of pyridine rings is 2. The molecule has 0 aromatic carbocycles. The number of halogens is 9. The standard InChI is InChI=1S/C23H24N4O2S.3C2HF3O2/c28-22-23(29-10-9-27(22)14-18-3-7-24-8-4-18)17-26(13-19-5-11-30-16-19)15-21(23)20-2-1-6-25-12-20;3*3-2(4,5)1(6)7/h1-8,11-12,16,21H,9-10,13-15,17H2;3*(H,6,7). The van der Waals surface area contributed by atoms with Gasteiger partial charge in [0.1, 0.15) is 0 Å². The zero-order chi connectivity index (χ0) is 38.6. The van der Waals surface area contributed by atoms with Gasteiger partial charge in [0.15, 0.2) is 5.60 Å². The van der Waals surface area contributed by atoms with E-state index in [0.717, 1.165) is 24.2 Å². The second-order valence-electron chi connectivity index (χ2n) is 10.4. The van der Waals surface area contributed by atoms with Gasteiger partial charge in [0.05, 0.1) is 6.61 Å². The molecule has 2 saturated heterocycles. The van der Waals surface area contributed by atoms with Crippen molar-refractivity contribution in [3.63, 3.8) is 0 Å². The number of carboxylic acid groups (broad SMARTS) is 3. The van der Waals surface area contributed by atoms with Gasteiger partial charge in [-0.3, -0.25) is 19.7 Å². The van der Waals surface area contributed by atoms with E-state index < -0.39 is 42.0 Å². The van der Waals surface area contributed by atoms with Crippen LogP contribution in [0.25, 0.3) is 0 Å². The number of likely N-dealkylation sites (tertiary alicyclic amines) is 1. The highest BCUT2D eigenvalue weighted by molar-refractivity contribution is 7.07. The largest absolute Gasteiger partial charge is 0.490 e. The minimum absolute atomic E-state index is 0.0439. The van der Waals surface area contributed by atoms with Gasteiger partial charge in [-0.15, -0.1) is 0 Å². The van der Waals surface area contributed by atoms with Gasteiger partial charge in [0.25, 0.3) is 5.91 Å². The Morgan fingerprint density at radius 2 is 1.37 bits per heavy atom. The lowest BCUT2D eigenvalue weighted by molar-refractivity contribution is -0.193. The number of morpholine rings is 1. The number of aliphatic carboxylic acids is 3. The molecule has 12 nitrogen and oxygen atoms in total. The molecule has 0 radical (unpaired) electrons. The van der Waals surface area contributed by atoms with E-state index in [1.54, 1.807) is 29.9 Å². The van der Waals surface area contributed by atoms with Crippen molar-refractivity contribution in [2.75, 3.05) is 26.2 Å². The maximum absolute atomic E-state index is 13.8. The summed E-state index contributed by atoms with van der Waals surface area (Å²) in [5.41, 5.74) is 2.55. The Kier molecular flexibility index (Phi) is 14.9. The molecular formula is C29H27F9N4O8S. The quantitative estimate of drug-likeness (QED) is 0.304. The monoisotopic (exact) mass is 762 g/mol. The van der Waals surface area contributed by atoms with Gasteiger partial charge in [-0.25, -0.2) is 14.4 Å². The minimum atomic E-state index is -5.08. The van der Waals surface area contributed by atoms with Gasteiger partial charge in [0, 0.05) is 63.4 Å². The number of hydrogen-bond acceptors (Lipinski definition) is 9. The Morgan fingerprint density at radius 3 is 1.82 bits per heavy atom. The van der Waals surface area contributed by atoms with Crippen molar-refractivity contribution in [3.8, 4) is 0 Å². The summed E-state index contributed by atoms with van der Waals surface area (Å²) >= 11 is 1.70. The Morgan fingerprint density at radius 1 is 0.824 bits per heavy atom. The molecule has 22 heteroatoms. The Bertz CT molecular complexity index is 1520. The molecule has 280 valence electrons. The molecule has 51 heavy (non-hydrogen) atoms. The second-order valence-corrected chi connectivity index (χ2v) is 11.1. The van der Waals surface area contributed by atoms with Crippen molar-refractivity contribution in [3.05, 3.63) is 82.6 Å². The Balaban J connectivity index is 0.000000352. The predicted molar refractivity (Wildman–Crippen MR) is 156 cm³/mol. The number of carbonyl (C=O) groups excluding carboxylic acids is 1. The predicted octanol–water partition coefficient (Wildman–Crippen LogP) is 4.84. The average molecular weight is 763 g/mol. The Hall–Kier alpha value is -4.83. The third-order valence-electron chi connectivity index (χ3n) is 6.76. The summed E-state index contributed by atoms with van der Waals surface area (Å²) in [5.74, 6) is -8.24. The first-order valence-corrected chi connectivity index (χ1v) is 14.9. The van der Waals surface area contributed by atoms with Crippen molar-refractivity contribution >= 4 is 35.2 Å². The van der Waals surface area contributed by atoms with Crippen LogP contribution >= 0.6 is 11.3 Å². The summed E-state index contributed by atoms with van der Waals surface area (Å²) in [5, 5.41) is 25.6. The third kappa shape index (κ3) is 13.1. The smallest absolute Gasteiger partial charge is 0.475 e. The zero-order valence-corrected chi connectivity index (χ0v) is 26.5. The molecule has 2 atom stereocenters. The summed E-state index contributed by atoms with van der Waals surface area (Å²) in [4.78, 5) is 53.2. The normalized spacial score (nSPS) is 19.1. The summed E-state index contributed by atoms with van der Waals surface area (Å²) < 4.78 is 102. The maximum Gasteiger partial charge on any atom is 0.490 e. The van der Waals surface area contributed by atoms with Gasteiger partial charge in [-0.05, 0) is 51.7 Å². The zero-order valence-electron chi connectivity index (χ0n) is 25.7. The number of alkyl halides is 9. The van der Waals surface area contributed by atoms with Crippen LogP contribution in [0.4, 0.5) is 39.5 Å². The first-order valence-electron chi connectivity index (χ1n) is 13.9. The number of ether oxygens (including phenoxy) is 1. The van der Waals surface area contributed by atoms with E-state index in [0.29, 0.717) is 26.2 Å². The van der Waals surface area contributed by atoms with E-state index >= 15 is 0 Å². The lowest BCUT2D eigenvalue weighted by Gasteiger charge is -2.42. The molecule has 1 amide bonds. The molecule has 5 heterocycles. The molecular weight excluding hydrogens is 735 g/mol. The maximum atomic E-state index is 13.8. The number of hydrogen-bond donors (Lipinski definition) is 3. The molecule has 1 spiro atoms. The highest BCUT2D eigenvalue weighted by Gasteiger charge is 2.57. The SMILES string of the molecule is O=C(O)C(F)(F)F.O=C(O)C(F)(F)F.O=C(O)C(F)(F)F.O=C1N(Cc2ccncc2)CCOC12CN(Cc1ccsc1)CC2c1cccnc1. The molecule has 3 aromatic heterocycles. The molecule has 2 aliphatic rings. The van der Waals surface area contributed by atoms with E-state index in [1.807, 2.05) is 29.3 Å². The lowest BCUT2D eigenvalue weighted by atomic mass is 9.83. The second kappa shape index (κ2) is 17.9. The summed E-state index contributed by atoms with van der Waals surface area (Å²) in [7, 11) is 0. The van der Waals surface area contributed by atoms with Gasteiger partial charge < -0.3 is 25.0 Å². The van der Waals surface area contributed by atoms with Crippen LogP contribution < -0.4 is 0 Å². The molecule has 0 bridgehead atoms. The van der Waals surface area contributed by atoms with Crippen molar-refractivity contribution < 1.29 is 78.7 Å². The lowest BCUT2D eigenvalue weighted by Crippen LogP contribution is -2.59. The molecule has 0 saturated carbocycles. The van der Waals surface area contributed by atoms with Crippen LogP contribution in [0.5, 0.6) is 0 Å². The summed E-state index contributed by atoms with van der Waals surface area (Å²) in [6.45, 7) is 3.91. The van der Waals surface area contributed by atoms with Crippen LogP contribution in [-0.2, 0) is 37.0 Å². The van der Waals surface area contributed by atoms with Crippen molar-refractivity contribution in [2.45, 2.75) is 43.1 Å². The van der Waals surface area contributed by atoms with Crippen LogP contribution in [0.15, 0.2) is 65.9 Å². The van der Waals surface area contributed by atoms with Crippen LogP contribution in [0.2, 0.25) is 0 Å². The van der Waals surface area contributed by atoms with Gasteiger partial charge in [0.2, 0.25) is 0 Å². The van der Waals surface area contributed by atoms with Crippen molar-refractivity contribution in [1.82, 2.24) is 19.8 Å². The molecule has 3 aromatic rings. The van der Waals surface area contributed by atoms with Crippen molar-refractivity contribution in [2.24, 2.45) is 0 Å². The first-order chi connectivity index (χ1) is 23.6. The average Bonchev–Trinajstić information content (AvgIpc) is 3.68. The Labute approximate surface area is 285 Å². The molecule has 2 fully saturated rings. The van der Waals surface area contributed by atoms with E-state index in [9.17, 15) is 44.3 Å². The van der Waals surface area contributed by atoms with Gasteiger partial charge in [-0.2, -0.15) is 50.9 Å². The van der Waals surface area contributed by atoms with Crippen LogP contribution in [0.1, 0.15) is 22.6 Å². The van der Waals surface area contributed by atoms with Gasteiger partial charge >= 0.3 is 36.4 Å².